The van der Waals surface area contributed by atoms with E-state index in [1.807, 2.05) is 0 Å². The highest BCUT2D eigenvalue weighted by molar-refractivity contribution is 5.37. The highest BCUT2D eigenvalue weighted by Crippen LogP contribution is 2.33. The van der Waals surface area contributed by atoms with Gasteiger partial charge in [0, 0.05) is 18.7 Å². The van der Waals surface area contributed by atoms with Crippen LogP contribution in [-0.4, -0.2) is 19.3 Å². The van der Waals surface area contributed by atoms with E-state index in [9.17, 15) is 0 Å². The Labute approximate surface area is 110 Å². The third-order valence-electron chi connectivity index (χ3n) is 4.44. The standard InChI is InChI=1S/C16H23NO/c1-11-3-4-13-5-6-16(14(13)9-11)17-15-7-8-18-10-12(15)2/h3-4,9,12,15-17H,5-8,10H2,1-2H3. The Morgan fingerprint density at radius 2 is 2.17 bits per heavy atom. The molecule has 18 heavy (non-hydrogen) atoms. The van der Waals surface area contributed by atoms with Crippen molar-refractivity contribution in [3.8, 4) is 0 Å². The van der Waals surface area contributed by atoms with Gasteiger partial charge in [0.15, 0.2) is 0 Å². The molecule has 3 unspecified atom stereocenters. The summed E-state index contributed by atoms with van der Waals surface area (Å²) in [7, 11) is 0. The van der Waals surface area contributed by atoms with Crippen molar-refractivity contribution in [2.24, 2.45) is 5.92 Å². The maximum Gasteiger partial charge on any atom is 0.0506 e. The van der Waals surface area contributed by atoms with Crippen LogP contribution in [0.25, 0.3) is 0 Å². The minimum absolute atomic E-state index is 0.561. The molecule has 3 rings (SSSR count). The second-order valence-corrected chi connectivity index (χ2v) is 5.91. The highest BCUT2D eigenvalue weighted by Gasteiger charge is 2.28. The molecule has 2 aliphatic rings. The van der Waals surface area contributed by atoms with Gasteiger partial charge in [-0.3, -0.25) is 0 Å². The number of aryl methyl sites for hydroxylation is 2. The largest absolute Gasteiger partial charge is 0.381 e. The predicted molar refractivity (Wildman–Crippen MR) is 73.8 cm³/mol. The first-order valence-electron chi connectivity index (χ1n) is 7.17. The van der Waals surface area contributed by atoms with Crippen molar-refractivity contribution in [1.29, 1.82) is 0 Å². The molecule has 3 atom stereocenters. The summed E-state index contributed by atoms with van der Waals surface area (Å²) in [6.07, 6.45) is 3.63. The number of hydrogen-bond acceptors (Lipinski definition) is 2. The lowest BCUT2D eigenvalue weighted by atomic mass is 9.95. The van der Waals surface area contributed by atoms with Crippen molar-refractivity contribution in [1.82, 2.24) is 5.32 Å². The summed E-state index contributed by atoms with van der Waals surface area (Å²) in [6.45, 7) is 6.30. The number of hydrogen-bond donors (Lipinski definition) is 1. The minimum Gasteiger partial charge on any atom is -0.381 e. The molecular weight excluding hydrogens is 222 g/mol. The lowest BCUT2D eigenvalue weighted by molar-refractivity contribution is 0.0357. The number of benzene rings is 1. The van der Waals surface area contributed by atoms with Gasteiger partial charge in [-0.25, -0.2) is 0 Å². The molecule has 1 N–H and O–H groups in total. The number of fused-ring (bicyclic) bond motifs is 1. The lowest BCUT2D eigenvalue weighted by Crippen LogP contribution is -2.42. The molecule has 1 heterocycles. The molecule has 0 aromatic heterocycles. The summed E-state index contributed by atoms with van der Waals surface area (Å²) in [5.41, 5.74) is 4.45. The molecule has 1 aromatic rings. The SMILES string of the molecule is Cc1ccc2c(c1)C(NC1CCOCC1C)CC2. The van der Waals surface area contributed by atoms with Crippen LogP contribution in [0.15, 0.2) is 18.2 Å². The Hall–Kier alpha value is -0.860. The molecular formula is C16H23NO. The van der Waals surface area contributed by atoms with Crippen molar-refractivity contribution in [2.75, 3.05) is 13.2 Å². The normalized spacial score (nSPS) is 31.3. The predicted octanol–water partition coefficient (Wildman–Crippen LogP) is 3.00. The smallest absolute Gasteiger partial charge is 0.0506 e. The summed E-state index contributed by atoms with van der Waals surface area (Å²) in [5, 5.41) is 3.87. The topological polar surface area (TPSA) is 21.3 Å². The van der Waals surface area contributed by atoms with Gasteiger partial charge in [-0.1, -0.05) is 30.7 Å². The van der Waals surface area contributed by atoms with Crippen molar-refractivity contribution < 1.29 is 4.74 Å². The fourth-order valence-electron chi connectivity index (χ4n) is 3.28. The van der Waals surface area contributed by atoms with E-state index in [2.05, 4.69) is 37.4 Å². The van der Waals surface area contributed by atoms with Gasteiger partial charge in [-0.05, 0) is 43.2 Å². The highest BCUT2D eigenvalue weighted by atomic mass is 16.5. The Morgan fingerprint density at radius 3 is 3.00 bits per heavy atom. The van der Waals surface area contributed by atoms with Gasteiger partial charge in [-0.15, -0.1) is 0 Å². The molecule has 2 nitrogen and oxygen atoms in total. The van der Waals surface area contributed by atoms with Gasteiger partial charge in [-0.2, -0.15) is 0 Å². The quantitative estimate of drug-likeness (QED) is 0.865. The van der Waals surface area contributed by atoms with E-state index in [-0.39, 0.29) is 0 Å². The third kappa shape index (κ3) is 2.32. The molecule has 1 saturated heterocycles. The Morgan fingerprint density at radius 1 is 1.28 bits per heavy atom. The summed E-state index contributed by atoms with van der Waals surface area (Å²) in [4.78, 5) is 0. The van der Waals surface area contributed by atoms with Gasteiger partial charge in [0.05, 0.1) is 6.61 Å². The molecule has 1 fully saturated rings. The van der Waals surface area contributed by atoms with Crippen molar-refractivity contribution in [3.05, 3.63) is 34.9 Å². The Kier molecular flexibility index (Phi) is 3.40. The average Bonchev–Trinajstić information content (AvgIpc) is 2.75. The van der Waals surface area contributed by atoms with E-state index in [0.29, 0.717) is 18.0 Å². The molecule has 0 amide bonds. The Balaban J connectivity index is 1.74. The molecule has 2 heteroatoms. The Bertz CT molecular complexity index is 429. The first kappa shape index (κ1) is 12.2. The van der Waals surface area contributed by atoms with Gasteiger partial charge < -0.3 is 10.1 Å². The van der Waals surface area contributed by atoms with Crippen LogP contribution in [-0.2, 0) is 11.2 Å². The van der Waals surface area contributed by atoms with E-state index in [1.54, 1.807) is 0 Å². The monoisotopic (exact) mass is 245 g/mol. The van der Waals surface area contributed by atoms with E-state index in [0.717, 1.165) is 19.6 Å². The number of ether oxygens (including phenoxy) is 1. The molecule has 0 spiro atoms. The summed E-state index contributed by atoms with van der Waals surface area (Å²) in [5.74, 6) is 0.632. The minimum atomic E-state index is 0.561. The molecule has 0 radical (unpaired) electrons. The van der Waals surface area contributed by atoms with E-state index in [4.69, 9.17) is 4.74 Å². The maximum absolute atomic E-state index is 5.53. The maximum atomic E-state index is 5.53. The summed E-state index contributed by atoms with van der Waals surface area (Å²) >= 11 is 0. The molecule has 98 valence electrons. The van der Waals surface area contributed by atoms with Crippen molar-refractivity contribution in [2.45, 2.75) is 45.2 Å². The van der Waals surface area contributed by atoms with Crippen LogP contribution in [0, 0.1) is 12.8 Å². The zero-order valence-corrected chi connectivity index (χ0v) is 11.4. The average molecular weight is 245 g/mol. The molecule has 1 aliphatic carbocycles. The second kappa shape index (κ2) is 5.02. The van der Waals surface area contributed by atoms with Crippen LogP contribution < -0.4 is 5.32 Å². The van der Waals surface area contributed by atoms with Gasteiger partial charge >= 0.3 is 0 Å². The number of rotatable bonds is 2. The van der Waals surface area contributed by atoms with Gasteiger partial charge in [0.1, 0.15) is 0 Å². The molecule has 1 aromatic carbocycles. The molecule has 0 saturated carbocycles. The van der Waals surface area contributed by atoms with E-state index >= 15 is 0 Å². The molecule has 0 bridgehead atoms. The fourth-order valence-corrected chi connectivity index (χ4v) is 3.28. The molecule has 1 aliphatic heterocycles. The van der Waals surface area contributed by atoms with Crippen LogP contribution >= 0.6 is 0 Å². The van der Waals surface area contributed by atoms with E-state index in [1.165, 1.54) is 29.5 Å². The van der Waals surface area contributed by atoms with Gasteiger partial charge in [0.25, 0.3) is 0 Å². The van der Waals surface area contributed by atoms with Gasteiger partial charge in [0.2, 0.25) is 0 Å². The third-order valence-corrected chi connectivity index (χ3v) is 4.44. The van der Waals surface area contributed by atoms with Crippen molar-refractivity contribution >= 4 is 0 Å². The van der Waals surface area contributed by atoms with Crippen LogP contribution in [0.1, 0.15) is 42.5 Å². The zero-order valence-electron chi connectivity index (χ0n) is 11.4. The van der Waals surface area contributed by atoms with E-state index < -0.39 is 0 Å². The second-order valence-electron chi connectivity index (χ2n) is 5.91. The first-order valence-corrected chi connectivity index (χ1v) is 7.17. The van der Waals surface area contributed by atoms with Crippen molar-refractivity contribution in [3.63, 3.8) is 0 Å². The number of nitrogens with one attached hydrogen (secondary N) is 1. The van der Waals surface area contributed by atoms with Crippen LogP contribution in [0.4, 0.5) is 0 Å². The lowest BCUT2D eigenvalue weighted by Gasteiger charge is -2.32. The van der Waals surface area contributed by atoms with Crippen LogP contribution in [0.5, 0.6) is 0 Å². The fraction of sp³-hybridized carbons (Fsp3) is 0.625. The van der Waals surface area contributed by atoms with Crippen LogP contribution in [0.3, 0.4) is 0 Å². The summed E-state index contributed by atoms with van der Waals surface area (Å²) in [6, 6.07) is 8.09. The van der Waals surface area contributed by atoms with Crippen LogP contribution in [0.2, 0.25) is 0 Å². The first-order chi connectivity index (χ1) is 8.74. The zero-order chi connectivity index (χ0) is 12.5. The summed E-state index contributed by atoms with van der Waals surface area (Å²) < 4.78 is 5.53.